The predicted molar refractivity (Wildman–Crippen MR) is 48.8 cm³/mol. The molecule has 0 radical (unpaired) electrons. The van der Waals surface area contributed by atoms with E-state index in [1.165, 1.54) is 4.90 Å². The summed E-state index contributed by atoms with van der Waals surface area (Å²) >= 11 is 0. The molecule has 0 heterocycles. The van der Waals surface area contributed by atoms with Gasteiger partial charge in [0.1, 0.15) is 6.10 Å². The molecule has 0 spiro atoms. The van der Waals surface area contributed by atoms with Crippen molar-refractivity contribution < 1.29 is 9.90 Å². The molecule has 3 heteroatoms. The van der Waals surface area contributed by atoms with Crippen LogP contribution < -0.4 is 0 Å². The second-order valence-electron chi connectivity index (χ2n) is 3.25. The van der Waals surface area contributed by atoms with Crippen molar-refractivity contribution >= 4 is 5.91 Å². The van der Waals surface area contributed by atoms with Gasteiger partial charge in [-0.3, -0.25) is 4.79 Å². The van der Waals surface area contributed by atoms with Gasteiger partial charge < -0.3 is 10.0 Å². The van der Waals surface area contributed by atoms with Crippen LogP contribution in [0.4, 0.5) is 0 Å². The van der Waals surface area contributed by atoms with Gasteiger partial charge in [-0.1, -0.05) is 26.7 Å². The van der Waals surface area contributed by atoms with E-state index >= 15 is 0 Å². The Morgan fingerprint density at radius 1 is 1.33 bits per heavy atom. The van der Waals surface area contributed by atoms with Crippen LogP contribution in [0.2, 0.25) is 0 Å². The Bertz CT molecular complexity index is 141. The minimum Gasteiger partial charge on any atom is -0.383 e. The molecule has 0 aromatic carbocycles. The van der Waals surface area contributed by atoms with Crippen LogP contribution in [0.25, 0.3) is 0 Å². The summed E-state index contributed by atoms with van der Waals surface area (Å²) in [5, 5.41) is 9.56. The van der Waals surface area contributed by atoms with Crippen LogP contribution in [-0.2, 0) is 4.79 Å². The van der Waals surface area contributed by atoms with Gasteiger partial charge in [0.05, 0.1) is 0 Å². The molecule has 1 atom stereocenters. The fourth-order valence-corrected chi connectivity index (χ4v) is 1.20. The molecule has 12 heavy (non-hydrogen) atoms. The number of hydrogen-bond acceptors (Lipinski definition) is 2. The van der Waals surface area contributed by atoms with Crippen LogP contribution in [0.15, 0.2) is 0 Å². The lowest BCUT2D eigenvalue weighted by Gasteiger charge is -2.22. The van der Waals surface area contributed by atoms with E-state index in [-0.39, 0.29) is 11.8 Å². The zero-order valence-electron chi connectivity index (χ0n) is 8.37. The Labute approximate surface area is 74.4 Å². The first kappa shape index (κ1) is 11.4. The highest BCUT2D eigenvalue weighted by Crippen LogP contribution is 2.14. The van der Waals surface area contributed by atoms with Crippen LogP contribution >= 0.6 is 0 Å². The van der Waals surface area contributed by atoms with Gasteiger partial charge in [-0.05, 0) is 5.92 Å². The van der Waals surface area contributed by atoms with Crippen molar-refractivity contribution in [2.75, 3.05) is 14.1 Å². The lowest BCUT2D eigenvalue weighted by Crippen LogP contribution is -2.38. The molecule has 3 nitrogen and oxygen atoms in total. The molecular weight excluding hydrogens is 154 g/mol. The number of carbonyl (C=O) groups is 1. The van der Waals surface area contributed by atoms with Gasteiger partial charge in [-0.2, -0.15) is 0 Å². The van der Waals surface area contributed by atoms with Crippen LogP contribution in [0.1, 0.15) is 26.7 Å². The fourth-order valence-electron chi connectivity index (χ4n) is 1.20. The maximum atomic E-state index is 11.3. The largest absolute Gasteiger partial charge is 0.383 e. The minimum atomic E-state index is -0.824. The number of aliphatic hydroxyl groups excluding tert-OH is 1. The van der Waals surface area contributed by atoms with Crippen LogP contribution in [0, 0.1) is 5.92 Å². The van der Waals surface area contributed by atoms with Crippen molar-refractivity contribution in [1.29, 1.82) is 0 Å². The maximum Gasteiger partial charge on any atom is 0.251 e. The van der Waals surface area contributed by atoms with E-state index in [0.29, 0.717) is 0 Å². The Balaban J connectivity index is 4.15. The lowest BCUT2D eigenvalue weighted by atomic mass is 9.96. The van der Waals surface area contributed by atoms with Crippen molar-refractivity contribution in [3.05, 3.63) is 0 Å². The molecule has 0 aromatic rings. The van der Waals surface area contributed by atoms with Crippen molar-refractivity contribution in [2.24, 2.45) is 5.92 Å². The standard InChI is InChI=1S/C9H19NO2/c1-5-7(6-2)8(11)9(12)10(3)4/h7-8,11H,5-6H2,1-4H3. The smallest absolute Gasteiger partial charge is 0.251 e. The number of nitrogens with zero attached hydrogens (tertiary/aromatic N) is 1. The molecule has 1 unspecified atom stereocenters. The highest BCUT2D eigenvalue weighted by Gasteiger charge is 2.24. The van der Waals surface area contributed by atoms with Gasteiger partial charge in [0.25, 0.3) is 5.91 Å². The number of hydrogen-bond donors (Lipinski definition) is 1. The van der Waals surface area contributed by atoms with Gasteiger partial charge in [0.15, 0.2) is 0 Å². The summed E-state index contributed by atoms with van der Waals surface area (Å²) in [5.41, 5.74) is 0. The normalized spacial score (nSPS) is 13.2. The topological polar surface area (TPSA) is 40.5 Å². The van der Waals surface area contributed by atoms with Gasteiger partial charge >= 0.3 is 0 Å². The Morgan fingerprint density at radius 2 is 1.75 bits per heavy atom. The highest BCUT2D eigenvalue weighted by molar-refractivity contribution is 5.80. The summed E-state index contributed by atoms with van der Waals surface area (Å²) in [7, 11) is 3.32. The third-order valence-electron chi connectivity index (χ3n) is 2.19. The van der Waals surface area contributed by atoms with E-state index in [2.05, 4.69) is 0 Å². The summed E-state index contributed by atoms with van der Waals surface area (Å²) in [6, 6.07) is 0. The third kappa shape index (κ3) is 2.81. The molecule has 0 fully saturated rings. The summed E-state index contributed by atoms with van der Waals surface area (Å²) in [6.07, 6.45) is 0.865. The molecule has 0 aliphatic rings. The van der Waals surface area contributed by atoms with E-state index in [1.807, 2.05) is 13.8 Å². The van der Waals surface area contributed by atoms with Gasteiger partial charge in [0.2, 0.25) is 0 Å². The number of amides is 1. The molecule has 1 amide bonds. The molecule has 0 saturated heterocycles. The number of carbonyl (C=O) groups excluding carboxylic acids is 1. The lowest BCUT2D eigenvalue weighted by molar-refractivity contribution is -0.140. The number of likely N-dealkylation sites (N-methyl/N-ethyl adjacent to an activating group) is 1. The summed E-state index contributed by atoms with van der Waals surface area (Å²) < 4.78 is 0. The third-order valence-corrected chi connectivity index (χ3v) is 2.19. The van der Waals surface area contributed by atoms with Crippen LogP contribution in [-0.4, -0.2) is 36.1 Å². The molecule has 0 aliphatic heterocycles. The predicted octanol–water partition coefficient (Wildman–Crippen LogP) is 0.872. The molecule has 0 rings (SSSR count). The second kappa shape index (κ2) is 5.14. The van der Waals surface area contributed by atoms with Crippen molar-refractivity contribution in [3.8, 4) is 0 Å². The number of rotatable bonds is 4. The maximum absolute atomic E-state index is 11.3. The number of aliphatic hydroxyl groups is 1. The molecular formula is C9H19NO2. The van der Waals surface area contributed by atoms with E-state index in [0.717, 1.165) is 12.8 Å². The minimum absolute atomic E-state index is 0.0971. The summed E-state index contributed by atoms with van der Waals surface area (Å²) in [5.74, 6) is -0.0939. The molecule has 0 aromatic heterocycles. The van der Waals surface area contributed by atoms with Gasteiger partial charge in [-0.25, -0.2) is 0 Å². The molecule has 1 N–H and O–H groups in total. The van der Waals surface area contributed by atoms with Crippen molar-refractivity contribution in [3.63, 3.8) is 0 Å². The Hall–Kier alpha value is -0.570. The van der Waals surface area contributed by atoms with Gasteiger partial charge in [-0.15, -0.1) is 0 Å². The zero-order valence-corrected chi connectivity index (χ0v) is 8.37. The van der Waals surface area contributed by atoms with Crippen molar-refractivity contribution in [2.45, 2.75) is 32.8 Å². The quantitative estimate of drug-likeness (QED) is 0.685. The zero-order chi connectivity index (χ0) is 9.72. The van der Waals surface area contributed by atoms with E-state index in [1.54, 1.807) is 14.1 Å². The Morgan fingerprint density at radius 3 is 2.00 bits per heavy atom. The first-order valence-corrected chi connectivity index (χ1v) is 4.43. The molecule has 0 saturated carbocycles. The molecule has 0 bridgehead atoms. The average Bonchev–Trinajstić information content (AvgIpc) is 2.05. The van der Waals surface area contributed by atoms with Crippen LogP contribution in [0.5, 0.6) is 0 Å². The molecule has 72 valence electrons. The first-order chi connectivity index (χ1) is 5.54. The van der Waals surface area contributed by atoms with Crippen LogP contribution in [0.3, 0.4) is 0 Å². The Kier molecular flexibility index (Phi) is 4.90. The summed E-state index contributed by atoms with van der Waals surface area (Å²) in [6.45, 7) is 3.97. The van der Waals surface area contributed by atoms with Gasteiger partial charge in [0, 0.05) is 14.1 Å². The SMILES string of the molecule is CCC(CC)C(O)C(=O)N(C)C. The fraction of sp³-hybridized carbons (Fsp3) is 0.889. The monoisotopic (exact) mass is 173 g/mol. The molecule has 0 aliphatic carbocycles. The van der Waals surface area contributed by atoms with E-state index in [4.69, 9.17) is 0 Å². The van der Waals surface area contributed by atoms with Crippen molar-refractivity contribution in [1.82, 2.24) is 4.90 Å². The highest BCUT2D eigenvalue weighted by atomic mass is 16.3. The first-order valence-electron chi connectivity index (χ1n) is 4.43. The van der Waals surface area contributed by atoms with E-state index < -0.39 is 6.10 Å². The second-order valence-corrected chi connectivity index (χ2v) is 3.25. The summed E-state index contributed by atoms with van der Waals surface area (Å²) in [4.78, 5) is 12.7. The van der Waals surface area contributed by atoms with E-state index in [9.17, 15) is 9.90 Å². The average molecular weight is 173 g/mol.